The SMILES string of the molecule is CN=C(NCCC(=O)O)NSC[C@@H](N)C(=O)O. The first-order valence-electron chi connectivity index (χ1n) is 4.76. The average Bonchev–Trinajstić information content (AvgIpc) is 2.26. The summed E-state index contributed by atoms with van der Waals surface area (Å²) in [5.41, 5.74) is 5.29. The van der Waals surface area contributed by atoms with Gasteiger partial charge in [-0.15, -0.1) is 0 Å². The van der Waals surface area contributed by atoms with Crippen LogP contribution in [0.3, 0.4) is 0 Å². The molecule has 1 atom stereocenters. The molecule has 0 aliphatic rings. The van der Waals surface area contributed by atoms with E-state index in [0.717, 1.165) is 11.9 Å². The van der Waals surface area contributed by atoms with E-state index in [9.17, 15) is 9.59 Å². The molecule has 98 valence electrons. The lowest BCUT2D eigenvalue weighted by Crippen LogP contribution is -2.38. The summed E-state index contributed by atoms with van der Waals surface area (Å²) in [6.07, 6.45) is -0.0278. The van der Waals surface area contributed by atoms with Gasteiger partial charge < -0.3 is 26.0 Å². The molecule has 0 amide bonds. The van der Waals surface area contributed by atoms with Crippen LogP contribution in [0.15, 0.2) is 4.99 Å². The Morgan fingerprint density at radius 3 is 2.59 bits per heavy atom. The number of guanidine groups is 1. The van der Waals surface area contributed by atoms with Crippen LogP contribution in [0.25, 0.3) is 0 Å². The fraction of sp³-hybridized carbons (Fsp3) is 0.625. The first kappa shape index (κ1) is 15.5. The van der Waals surface area contributed by atoms with Crippen LogP contribution in [0, 0.1) is 0 Å². The zero-order chi connectivity index (χ0) is 13.3. The summed E-state index contributed by atoms with van der Waals surface area (Å²) in [4.78, 5) is 24.5. The van der Waals surface area contributed by atoms with Crippen LogP contribution in [0.2, 0.25) is 0 Å². The van der Waals surface area contributed by atoms with Crippen molar-refractivity contribution >= 4 is 29.8 Å². The van der Waals surface area contributed by atoms with Crippen LogP contribution in [-0.4, -0.2) is 53.5 Å². The second-order valence-electron chi connectivity index (χ2n) is 3.00. The predicted molar refractivity (Wildman–Crippen MR) is 64.8 cm³/mol. The minimum Gasteiger partial charge on any atom is -0.481 e. The fourth-order valence-electron chi connectivity index (χ4n) is 0.720. The van der Waals surface area contributed by atoms with Crippen LogP contribution < -0.4 is 15.8 Å². The minimum absolute atomic E-state index is 0.0278. The van der Waals surface area contributed by atoms with Crippen molar-refractivity contribution in [2.75, 3.05) is 19.3 Å². The van der Waals surface area contributed by atoms with Crippen molar-refractivity contribution in [2.45, 2.75) is 12.5 Å². The summed E-state index contributed by atoms with van der Waals surface area (Å²) >= 11 is 1.08. The topological polar surface area (TPSA) is 137 Å². The number of aliphatic imine (C=N–C) groups is 1. The summed E-state index contributed by atoms with van der Waals surface area (Å²) < 4.78 is 2.75. The standard InChI is InChI=1S/C8H16N4O4S/c1-10-8(11-3-2-6(13)14)12-17-4-5(9)7(15)16/h5H,2-4,9H2,1H3,(H,13,14)(H,15,16)(H2,10,11,12)/t5-/m1/s1. The molecule has 0 aromatic carbocycles. The molecule has 0 aromatic rings. The highest BCUT2D eigenvalue weighted by Gasteiger charge is 2.11. The number of nitrogens with one attached hydrogen (secondary N) is 2. The number of carboxylic acids is 2. The van der Waals surface area contributed by atoms with E-state index in [0.29, 0.717) is 5.96 Å². The Morgan fingerprint density at radius 2 is 2.12 bits per heavy atom. The number of rotatable bonds is 7. The average molecular weight is 264 g/mol. The molecule has 0 saturated carbocycles. The van der Waals surface area contributed by atoms with E-state index in [4.69, 9.17) is 15.9 Å². The largest absolute Gasteiger partial charge is 0.481 e. The van der Waals surface area contributed by atoms with Gasteiger partial charge in [0.05, 0.1) is 6.42 Å². The van der Waals surface area contributed by atoms with Crippen molar-refractivity contribution in [1.29, 1.82) is 0 Å². The molecule has 0 bridgehead atoms. The summed E-state index contributed by atoms with van der Waals surface area (Å²) in [5, 5.41) is 19.7. The number of carbonyl (C=O) groups is 2. The van der Waals surface area contributed by atoms with E-state index in [2.05, 4.69) is 15.0 Å². The summed E-state index contributed by atoms with van der Waals surface area (Å²) in [7, 11) is 1.52. The highest BCUT2D eigenvalue weighted by molar-refractivity contribution is 7.98. The zero-order valence-corrected chi connectivity index (χ0v) is 10.2. The van der Waals surface area contributed by atoms with Crippen molar-refractivity contribution in [3.8, 4) is 0 Å². The Labute approximate surface area is 103 Å². The Morgan fingerprint density at radius 1 is 1.47 bits per heavy atom. The minimum atomic E-state index is -1.08. The molecule has 0 unspecified atom stereocenters. The second kappa shape index (κ2) is 8.65. The van der Waals surface area contributed by atoms with Crippen LogP contribution in [0.1, 0.15) is 6.42 Å². The number of nitrogens with zero attached hydrogens (tertiary/aromatic N) is 1. The van der Waals surface area contributed by atoms with Gasteiger partial charge in [-0.3, -0.25) is 14.6 Å². The van der Waals surface area contributed by atoms with Gasteiger partial charge in [0.15, 0.2) is 0 Å². The van der Waals surface area contributed by atoms with Gasteiger partial charge in [0.25, 0.3) is 0 Å². The third kappa shape index (κ3) is 8.34. The van der Waals surface area contributed by atoms with E-state index in [1.165, 1.54) is 7.05 Å². The van der Waals surface area contributed by atoms with Gasteiger partial charge in [-0.25, -0.2) is 0 Å². The number of carboxylic acid groups (broad SMARTS) is 2. The predicted octanol–water partition coefficient (Wildman–Crippen LogP) is -1.31. The highest BCUT2D eigenvalue weighted by Crippen LogP contribution is 1.96. The molecular weight excluding hydrogens is 248 g/mol. The molecule has 0 heterocycles. The molecule has 9 heteroatoms. The number of aliphatic carboxylic acids is 2. The van der Waals surface area contributed by atoms with E-state index in [1.54, 1.807) is 0 Å². The lowest BCUT2D eigenvalue weighted by atomic mass is 10.4. The van der Waals surface area contributed by atoms with Gasteiger partial charge in [-0.05, 0) is 11.9 Å². The van der Waals surface area contributed by atoms with Crippen molar-refractivity contribution in [3.05, 3.63) is 0 Å². The Bertz CT molecular complexity index is 297. The Hall–Kier alpha value is -1.48. The van der Waals surface area contributed by atoms with Gasteiger partial charge in [0.1, 0.15) is 6.04 Å². The third-order valence-electron chi connectivity index (χ3n) is 1.60. The molecule has 17 heavy (non-hydrogen) atoms. The van der Waals surface area contributed by atoms with Crippen molar-refractivity contribution < 1.29 is 19.8 Å². The maximum absolute atomic E-state index is 10.4. The van der Waals surface area contributed by atoms with Crippen molar-refractivity contribution in [1.82, 2.24) is 10.0 Å². The van der Waals surface area contributed by atoms with Crippen LogP contribution in [0.5, 0.6) is 0 Å². The molecule has 8 nitrogen and oxygen atoms in total. The van der Waals surface area contributed by atoms with Gasteiger partial charge in [-0.1, -0.05) is 0 Å². The van der Waals surface area contributed by atoms with Crippen LogP contribution in [-0.2, 0) is 9.59 Å². The maximum Gasteiger partial charge on any atom is 0.321 e. The lowest BCUT2D eigenvalue weighted by molar-refractivity contribution is -0.138. The maximum atomic E-state index is 10.4. The molecule has 0 saturated heterocycles. The Kier molecular flexibility index (Phi) is 7.89. The molecule has 0 aliphatic carbocycles. The van der Waals surface area contributed by atoms with E-state index in [1.807, 2.05) is 0 Å². The van der Waals surface area contributed by atoms with Crippen molar-refractivity contribution in [2.24, 2.45) is 10.7 Å². The smallest absolute Gasteiger partial charge is 0.321 e. The normalized spacial score (nSPS) is 12.9. The summed E-state index contributed by atoms with van der Waals surface area (Å²) in [5.74, 6) is -1.43. The fourth-order valence-corrected chi connectivity index (χ4v) is 1.43. The monoisotopic (exact) mass is 264 g/mol. The first-order chi connectivity index (χ1) is 7.97. The zero-order valence-electron chi connectivity index (χ0n) is 9.34. The molecular formula is C8H16N4O4S. The number of hydrogen-bond acceptors (Lipinski definition) is 5. The second-order valence-corrected chi connectivity index (χ2v) is 3.83. The molecule has 0 rings (SSSR count). The Balaban J connectivity index is 3.76. The third-order valence-corrected chi connectivity index (χ3v) is 2.47. The quantitative estimate of drug-likeness (QED) is 0.217. The van der Waals surface area contributed by atoms with Crippen molar-refractivity contribution in [3.63, 3.8) is 0 Å². The highest BCUT2D eigenvalue weighted by atomic mass is 32.2. The van der Waals surface area contributed by atoms with Gasteiger partial charge in [0, 0.05) is 19.3 Å². The molecule has 0 spiro atoms. The van der Waals surface area contributed by atoms with E-state index in [-0.39, 0.29) is 18.7 Å². The van der Waals surface area contributed by atoms with E-state index >= 15 is 0 Å². The van der Waals surface area contributed by atoms with Gasteiger partial charge >= 0.3 is 11.9 Å². The summed E-state index contributed by atoms with van der Waals surface area (Å²) in [6.45, 7) is 0.237. The van der Waals surface area contributed by atoms with Gasteiger partial charge in [0.2, 0.25) is 5.96 Å². The first-order valence-corrected chi connectivity index (χ1v) is 5.74. The molecule has 6 N–H and O–H groups in total. The number of nitrogens with two attached hydrogens (primary N) is 1. The lowest BCUT2D eigenvalue weighted by Gasteiger charge is -2.11. The van der Waals surface area contributed by atoms with E-state index < -0.39 is 18.0 Å². The number of hydrogen-bond donors (Lipinski definition) is 5. The molecule has 0 radical (unpaired) electrons. The molecule has 0 fully saturated rings. The van der Waals surface area contributed by atoms with Crippen LogP contribution in [0.4, 0.5) is 0 Å². The van der Waals surface area contributed by atoms with Crippen LogP contribution >= 0.6 is 11.9 Å². The molecule has 0 aliphatic heterocycles. The van der Waals surface area contributed by atoms with Gasteiger partial charge in [-0.2, -0.15) is 0 Å². The summed E-state index contributed by atoms with van der Waals surface area (Å²) in [6, 6.07) is -0.954. The molecule has 0 aromatic heterocycles.